The van der Waals surface area contributed by atoms with E-state index >= 15 is 0 Å². The smallest absolute Gasteiger partial charge is 0.141 e. The number of hydrogen-bond donors (Lipinski definition) is 1. The highest BCUT2D eigenvalue weighted by atomic mass is 15.4. The number of aryl methyl sites for hydroxylation is 1. The van der Waals surface area contributed by atoms with Gasteiger partial charge in [0.1, 0.15) is 12.2 Å². The first-order valence-corrected chi connectivity index (χ1v) is 7.48. The molecule has 5 heteroatoms. The van der Waals surface area contributed by atoms with E-state index in [2.05, 4.69) is 48.0 Å². The number of aromatic nitrogens is 3. The summed E-state index contributed by atoms with van der Waals surface area (Å²) < 4.78 is 2.00. The minimum absolute atomic E-state index is 0.218. The number of nitrogens with one attached hydrogen (secondary N) is 1. The Kier molecular flexibility index (Phi) is 4.58. The van der Waals surface area contributed by atoms with Crippen molar-refractivity contribution in [2.45, 2.75) is 65.2 Å². The molecule has 0 saturated carbocycles. The Bertz CT molecular complexity index is 402. The summed E-state index contributed by atoms with van der Waals surface area (Å²) in [6.07, 6.45) is 4.00. The van der Waals surface area contributed by atoms with E-state index in [9.17, 15) is 0 Å². The van der Waals surface area contributed by atoms with E-state index in [4.69, 9.17) is 0 Å². The van der Waals surface area contributed by atoms with Crippen molar-refractivity contribution in [2.24, 2.45) is 0 Å². The summed E-state index contributed by atoms with van der Waals surface area (Å²) in [7, 11) is 0. The Morgan fingerprint density at radius 1 is 1.42 bits per heavy atom. The van der Waals surface area contributed by atoms with Crippen LogP contribution in [0.2, 0.25) is 0 Å². The van der Waals surface area contributed by atoms with Crippen LogP contribution in [0.3, 0.4) is 0 Å². The van der Waals surface area contributed by atoms with E-state index in [1.54, 1.807) is 6.33 Å². The van der Waals surface area contributed by atoms with Gasteiger partial charge in [-0.3, -0.25) is 4.90 Å². The maximum absolute atomic E-state index is 4.42. The Morgan fingerprint density at radius 2 is 2.21 bits per heavy atom. The van der Waals surface area contributed by atoms with Crippen LogP contribution < -0.4 is 5.32 Å². The Hall–Kier alpha value is -0.940. The molecule has 0 radical (unpaired) electrons. The van der Waals surface area contributed by atoms with Crippen LogP contribution >= 0.6 is 0 Å². The average molecular weight is 265 g/mol. The van der Waals surface area contributed by atoms with E-state index < -0.39 is 0 Å². The van der Waals surface area contributed by atoms with Crippen molar-refractivity contribution in [3.63, 3.8) is 0 Å². The van der Waals surface area contributed by atoms with Crippen LogP contribution in [-0.4, -0.2) is 44.3 Å². The van der Waals surface area contributed by atoms with Gasteiger partial charge in [-0.1, -0.05) is 13.8 Å². The highest BCUT2D eigenvalue weighted by Gasteiger charge is 2.36. The Balaban J connectivity index is 2.14. The van der Waals surface area contributed by atoms with E-state index in [-0.39, 0.29) is 5.54 Å². The monoisotopic (exact) mass is 265 g/mol. The molecule has 108 valence electrons. The van der Waals surface area contributed by atoms with Gasteiger partial charge >= 0.3 is 0 Å². The molecule has 1 aromatic rings. The zero-order chi connectivity index (χ0) is 13.9. The topological polar surface area (TPSA) is 46.0 Å². The van der Waals surface area contributed by atoms with Crippen LogP contribution in [0.5, 0.6) is 0 Å². The third-order valence-corrected chi connectivity index (χ3v) is 4.56. The third kappa shape index (κ3) is 2.98. The summed E-state index contributed by atoms with van der Waals surface area (Å²) in [5, 5.41) is 7.94. The van der Waals surface area contributed by atoms with Crippen molar-refractivity contribution in [1.29, 1.82) is 0 Å². The van der Waals surface area contributed by atoms with Crippen molar-refractivity contribution in [3.05, 3.63) is 12.2 Å². The molecule has 1 saturated heterocycles. The fourth-order valence-corrected chi connectivity index (χ4v) is 2.75. The van der Waals surface area contributed by atoms with Gasteiger partial charge in [-0.15, -0.1) is 0 Å². The predicted octanol–water partition coefficient (Wildman–Crippen LogP) is 1.65. The van der Waals surface area contributed by atoms with Crippen LogP contribution in [-0.2, 0) is 13.1 Å². The molecule has 2 heterocycles. The first-order chi connectivity index (χ1) is 9.12. The molecule has 1 aromatic heterocycles. The molecule has 19 heavy (non-hydrogen) atoms. The third-order valence-electron chi connectivity index (χ3n) is 4.56. The summed E-state index contributed by atoms with van der Waals surface area (Å²) in [6, 6.07) is 0.595. The minimum atomic E-state index is 0.218. The largest absolute Gasteiger partial charge is 0.311 e. The van der Waals surface area contributed by atoms with Crippen molar-refractivity contribution < 1.29 is 0 Å². The Labute approximate surface area is 116 Å². The van der Waals surface area contributed by atoms with Crippen LogP contribution in [0.25, 0.3) is 0 Å². The lowest BCUT2D eigenvalue weighted by molar-refractivity contribution is 0.0374. The van der Waals surface area contributed by atoms with E-state index in [1.807, 2.05) is 4.68 Å². The maximum atomic E-state index is 4.42. The average Bonchev–Trinajstić information content (AvgIpc) is 2.88. The summed E-state index contributed by atoms with van der Waals surface area (Å²) in [6.45, 7) is 12.9. The molecule has 2 rings (SSSR count). The van der Waals surface area contributed by atoms with Crippen LogP contribution in [0.1, 0.15) is 46.4 Å². The quantitative estimate of drug-likeness (QED) is 0.879. The van der Waals surface area contributed by atoms with Crippen LogP contribution in [0.4, 0.5) is 0 Å². The van der Waals surface area contributed by atoms with Crippen LogP contribution in [0.15, 0.2) is 6.33 Å². The van der Waals surface area contributed by atoms with Gasteiger partial charge < -0.3 is 5.32 Å². The molecule has 1 aliphatic heterocycles. The van der Waals surface area contributed by atoms with Gasteiger partial charge in [0.2, 0.25) is 0 Å². The first kappa shape index (κ1) is 14.5. The highest BCUT2D eigenvalue weighted by molar-refractivity contribution is 4.97. The fourth-order valence-electron chi connectivity index (χ4n) is 2.75. The lowest BCUT2D eigenvalue weighted by Crippen LogP contribution is -2.62. The molecule has 0 aromatic carbocycles. The fraction of sp³-hybridized carbons (Fsp3) is 0.857. The molecule has 1 fully saturated rings. The van der Waals surface area contributed by atoms with Gasteiger partial charge in [0.25, 0.3) is 0 Å². The van der Waals surface area contributed by atoms with E-state index in [0.29, 0.717) is 6.04 Å². The molecular formula is C14H27N5. The van der Waals surface area contributed by atoms with Crippen molar-refractivity contribution in [2.75, 3.05) is 13.1 Å². The normalized spacial score (nSPS) is 28.7. The molecule has 1 aliphatic rings. The second-order valence-corrected chi connectivity index (χ2v) is 5.71. The second-order valence-electron chi connectivity index (χ2n) is 5.71. The minimum Gasteiger partial charge on any atom is -0.311 e. The standard InChI is InChI=1S/C14H27N5/c1-5-12-8-18(14(4,6-2)10-15-12)9-13-16-11-17-19(13)7-3/h11-12,15H,5-10H2,1-4H3. The number of nitrogens with zero attached hydrogens (tertiary/aromatic N) is 4. The summed E-state index contributed by atoms with van der Waals surface area (Å²) in [5.41, 5.74) is 0.218. The predicted molar refractivity (Wildman–Crippen MR) is 76.9 cm³/mol. The lowest BCUT2D eigenvalue weighted by atomic mass is 9.91. The summed E-state index contributed by atoms with van der Waals surface area (Å²) in [4.78, 5) is 7.00. The molecule has 0 aliphatic carbocycles. The number of piperazine rings is 1. The molecule has 0 bridgehead atoms. The molecule has 0 spiro atoms. The lowest BCUT2D eigenvalue weighted by Gasteiger charge is -2.47. The van der Waals surface area contributed by atoms with Gasteiger partial charge in [-0.05, 0) is 26.7 Å². The molecule has 0 amide bonds. The van der Waals surface area contributed by atoms with Gasteiger partial charge in [0.15, 0.2) is 0 Å². The van der Waals surface area contributed by atoms with E-state index in [0.717, 1.165) is 38.4 Å². The molecule has 5 nitrogen and oxygen atoms in total. The van der Waals surface area contributed by atoms with Gasteiger partial charge in [-0.2, -0.15) is 5.10 Å². The number of hydrogen-bond acceptors (Lipinski definition) is 4. The molecule has 2 unspecified atom stereocenters. The number of rotatable bonds is 5. The SMILES string of the molecule is CCC1CN(Cc2ncnn2CC)C(C)(CC)CN1. The van der Waals surface area contributed by atoms with Gasteiger partial charge in [-0.25, -0.2) is 9.67 Å². The summed E-state index contributed by atoms with van der Waals surface area (Å²) >= 11 is 0. The van der Waals surface area contributed by atoms with Gasteiger partial charge in [0.05, 0.1) is 6.54 Å². The zero-order valence-corrected chi connectivity index (χ0v) is 12.7. The first-order valence-electron chi connectivity index (χ1n) is 7.48. The highest BCUT2D eigenvalue weighted by Crippen LogP contribution is 2.25. The van der Waals surface area contributed by atoms with Crippen molar-refractivity contribution >= 4 is 0 Å². The zero-order valence-electron chi connectivity index (χ0n) is 12.7. The Morgan fingerprint density at radius 3 is 2.84 bits per heavy atom. The van der Waals surface area contributed by atoms with Crippen LogP contribution in [0, 0.1) is 0 Å². The molecule has 2 atom stereocenters. The van der Waals surface area contributed by atoms with E-state index in [1.165, 1.54) is 6.42 Å². The molecule has 1 N–H and O–H groups in total. The molecular weight excluding hydrogens is 238 g/mol. The van der Waals surface area contributed by atoms with Crippen molar-refractivity contribution in [1.82, 2.24) is 25.0 Å². The maximum Gasteiger partial charge on any atom is 0.141 e. The van der Waals surface area contributed by atoms with Gasteiger partial charge in [0, 0.05) is 31.2 Å². The van der Waals surface area contributed by atoms with Crippen molar-refractivity contribution in [3.8, 4) is 0 Å². The summed E-state index contributed by atoms with van der Waals surface area (Å²) in [5.74, 6) is 1.08. The second kappa shape index (κ2) is 6.01.